The summed E-state index contributed by atoms with van der Waals surface area (Å²) < 4.78 is 5.68. The number of nitrogens with one attached hydrogen (secondary N) is 2. The summed E-state index contributed by atoms with van der Waals surface area (Å²) in [4.78, 5) is 0. The third-order valence-electron chi connectivity index (χ3n) is 3.86. The highest BCUT2D eigenvalue weighted by molar-refractivity contribution is 5.26. The molecule has 3 nitrogen and oxygen atoms in total. The molecule has 0 radical (unpaired) electrons. The zero-order valence-electron chi connectivity index (χ0n) is 12.3. The van der Waals surface area contributed by atoms with Gasteiger partial charge in [-0.1, -0.05) is 31.5 Å². The number of aryl methyl sites for hydroxylation is 1. The average Bonchev–Trinajstić information content (AvgIpc) is 2.87. The molecular weight excluding hydrogens is 236 g/mol. The number of hydrogen-bond acceptors (Lipinski definition) is 3. The monoisotopic (exact) mass is 262 g/mol. The first kappa shape index (κ1) is 14.4. The predicted molar refractivity (Wildman–Crippen MR) is 79.7 cm³/mol. The van der Waals surface area contributed by atoms with Gasteiger partial charge in [0.2, 0.25) is 0 Å². The van der Waals surface area contributed by atoms with Crippen LogP contribution in [0.15, 0.2) is 24.3 Å². The van der Waals surface area contributed by atoms with Gasteiger partial charge in [-0.05, 0) is 44.0 Å². The van der Waals surface area contributed by atoms with Crippen LogP contribution in [-0.4, -0.2) is 32.3 Å². The molecule has 2 N–H and O–H groups in total. The summed E-state index contributed by atoms with van der Waals surface area (Å²) in [5.41, 5.74) is 1.27. The van der Waals surface area contributed by atoms with E-state index in [0.717, 1.165) is 36.8 Å². The van der Waals surface area contributed by atoms with Gasteiger partial charge in [0.25, 0.3) is 0 Å². The maximum Gasteiger partial charge on any atom is 0.119 e. The number of benzene rings is 1. The summed E-state index contributed by atoms with van der Waals surface area (Å²) in [6.07, 6.45) is 0. The van der Waals surface area contributed by atoms with Crippen molar-refractivity contribution >= 4 is 0 Å². The first-order valence-electron chi connectivity index (χ1n) is 7.48. The van der Waals surface area contributed by atoms with Crippen molar-refractivity contribution in [2.45, 2.75) is 26.8 Å². The summed E-state index contributed by atoms with van der Waals surface area (Å²) in [5.74, 6) is 2.74. The molecule has 0 amide bonds. The molecule has 1 aromatic rings. The minimum Gasteiger partial charge on any atom is -0.492 e. The lowest BCUT2D eigenvalue weighted by atomic mass is 10.2. The van der Waals surface area contributed by atoms with Crippen molar-refractivity contribution in [1.29, 1.82) is 0 Å². The number of fused-ring (bicyclic) bond motifs is 1. The summed E-state index contributed by atoms with van der Waals surface area (Å²) >= 11 is 0. The van der Waals surface area contributed by atoms with Crippen molar-refractivity contribution in [3.05, 3.63) is 29.8 Å². The normalized spacial score (nSPS) is 27.2. The van der Waals surface area contributed by atoms with Gasteiger partial charge < -0.3 is 15.4 Å². The molecule has 106 valence electrons. The summed E-state index contributed by atoms with van der Waals surface area (Å²) in [6, 6.07) is 8.98. The van der Waals surface area contributed by atoms with Crippen LogP contribution in [0.4, 0.5) is 0 Å². The van der Waals surface area contributed by atoms with Crippen LogP contribution in [0.25, 0.3) is 0 Å². The van der Waals surface area contributed by atoms with Crippen molar-refractivity contribution in [2.24, 2.45) is 11.8 Å². The minimum absolute atomic E-state index is 0.748. The fraction of sp³-hybridized carbons (Fsp3) is 0.625. The highest BCUT2D eigenvalue weighted by atomic mass is 16.5. The maximum atomic E-state index is 5.68. The smallest absolute Gasteiger partial charge is 0.119 e. The molecule has 1 aromatic carbocycles. The first-order chi connectivity index (χ1) is 9.34. The Kier molecular flexibility index (Phi) is 5.23. The van der Waals surface area contributed by atoms with Gasteiger partial charge in [0.15, 0.2) is 0 Å². The second-order valence-corrected chi connectivity index (χ2v) is 5.13. The Balaban J connectivity index is 0.000000637. The van der Waals surface area contributed by atoms with Crippen LogP contribution in [0.2, 0.25) is 0 Å². The number of ether oxygens (including phenoxy) is 1. The first-order valence-corrected chi connectivity index (χ1v) is 7.48. The van der Waals surface area contributed by atoms with E-state index in [1.165, 1.54) is 18.7 Å². The van der Waals surface area contributed by atoms with Crippen molar-refractivity contribution in [2.75, 3.05) is 26.2 Å². The zero-order valence-corrected chi connectivity index (χ0v) is 12.3. The molecule has 1 heterocycles. The van der Waals surface area contributed by atoms with Gasteiger partial charge in [-0.3, -0.25) is 0 Å². The van der Waals surface area contributed by atoms with Crippen molar-refractivity contribution in [3.63, 3.8) is 0 Å². The van der Waals surface area contributed by atoms with Gasteiger partial charge >= 0.3 is 0 Å². The van der Waals surface area contributed by atoms with Crippen LogP contribution in [-0.2, 0) is 0 Å². The van der Waals surface area contributed by atoms with Crippen molar-refractivity contribution in [1.82, 2.24) is 10.6 Å². The van der Waals surface area contributed by atoms with Crippen LogP contribution >= 0.6 is 0 Å². The Labute approximate surface area is 116 Å². The molecule has 1 saturated carbocycles. The summed E-state index contributed by atoms with van der Waals surface area (Å²) in [7, 11) is 0. The zero-order chi connectivity index (χ0) is 13.7. The molecule has 2 unspecified atom stereocenters. The van der Waals surface area contributed by atoms with Crippen LogP contribution < -0.4 is 15.4 Å². The Morgan fingerprint density at radius 2 is 1.79 bits per heavy atom. The molecular formula is C16H26N2O. The van der Waals surface area contributed by atoms with Gasteiger partial charge in [-0.2, -0.15) is 0 Å². The number of rotatable bonds is 5. The highest BCUT2D eigenvalue weighted by Gasteiger charge is 2.52. The molecule has 1 aliphatic heterocycles. The van der Waals surface area contributed by atoms with Gasteiger partial charge in [0.05, 0.1) is 0 Å². The lowest BCUT2D eigenvalue weighted by molar-refractivity contribution is 0.310. The molecule has 2 fully saturated rings. The second-order valence-electron chi connectivity index (χ2n) is 5.13. The van der Waals surface area contributed by atoms with E-state index in [4.69, 9.17) is 4.74 Å². The molecule has 1 aliphatic carbocycles. The molecule has 2 atom stereocenters. The van der Waals surface area contributed by atoms with Gasteiger partial charge in [0, 0.05) is 12.6 Å². The average molecular weight is 262 g/mol. The largest absolute Gasteiger partial charge is 0.492 e. The summed E-state index contributed by atoms with van der Waals surface area (Å²) in [6.45, 7) is 10.2. The molecule has 19 heavy (non-hydrogen) atoms. The molecule has 3 heteroatoms. The van der Waals surface area contributed by atoms with Gasteiger partial charge in [-0.15, -0.1) is 0 Å². The Bertz CT molecular complexity index is 367. The van der Waals surface area contributed by atoms with Gasteiger partial charge in [0.1, 0.15) is 12.4 Å². The predicted octanol–water partition coefficient (Wildman–Crippen LogP) is 2.21. The van der Waals surface area contributed by atoms with Crippen molar-refractivity contribution in [3.8, 4) is 5.75 Å². The molecule has 0 spiro atoms. The molecule has 2 aliphatic rings. The fourth-order valence-electron chi connectivity index (χ4n) is 2.75. The van der Waals surface area contributed by atoms with E-state index in [1.54, 1.807) is 0 Å². The lowest BCUT2D eigenvalue weighted by Gasteiger charge is -2.09. The maximum absolute atomic E-state index is 5.68. The molecule has 1 saturated heterocycles. The molecule has 0 bridgehead atoms. The van der Waals surface area contributed by atoms with E-state index in [-0.39, 0.29) is 0 Å². The van der Waals surface area contributed by atoms with E-state index in [0.29, 0.717) is 0 Å². The van der Waals surface area contributed by atoms with E-state index in [1.807, 2.05) is 26.0 Å². The van der Waals surface area contributed by atoms with Crippen molar-refractivity contribution < 1.29 is 4.74 Å². The SMILES string of the molecule is CC.Cc1ccc(OCCNC2C3CNCC32)cc1. The van der Waals surface area contributed by atoms with Crippen LogP contribution in [0.5, 0.6) is 5.75 Å². The number of hydrogen-bond donors (Lipinski definition) is 2. The Morgan fingerprint density at radius 1 is 1.16 bits per heavy atom. The minimum atomic E-state index is 0.748. The van der Waals surface area contributed by atoms with Crippen LogP contribution in [0.3, 0.4) is 0 Å². The highest BCUT2D eigenvalue weighted by Crippen LogP contribution is 2.41. The lowest BCUT2D eigenvalue weighted by Crippen LogP contribution is -2.30. The Hall–Kier alpha value is -1.06. The van der Waals surface area contributed by atoms with Gasteiger partial charge in [-0.25, -0.2) is 0 Å². The van der Waals surface area contributed by atoms with E-state index >= 15 is 0 Å². The van der Waals surface area contributed by atoms with Crippen LogP contribution in [0, 0.1) is 18.8 Å². The van der Waals surface area contributed by atoms with E-state index < -0.39 is 0 Å². The third-order valence-corrected chi connectivity index (χ3v) is 3.86. The standard InChI is InChI=1S/C14H20N2O.C2H6/c1-10-2-4-11(5-3-10)17-7-6-16-14-12-8-15-9-13(12)14;1-2/h2-5,12-16H,6-9H2,1H3;1-2H3. The van der Waals surface area contributed by atoms with Crippen LogP contribution in [0.1, 0.15) is 19.4 Å². The third kappa shape index (κ3) is 3.71. The molecule has 0 aromatic heterocycles. The number of piperidine rings is 1. The quantitative estimate of drug-likeness (QED) is 0.798. The topological polar surface area (TPSA) is 33.3 Å². The van der Waals surface area contributed by atoms with E-state index in [9.17, 15) is 0 Å². The Morgan fingerprint density at radius 3 is 2.42 bits per heavy atom. The second kappa shape index (κ2) is 6.92. The van der Waals surface area contributed by atoms with E-state index in [2.05, 4.69) is 29.7 Å². The fourth-order valence-corrected chi connectivity index (χ4v) is 2.75. The molecule has 3 rings (SSSR count). The summed E-state index contributed by atoms with van der Waals surface area (Å²) in [5, 5.41) is 6.98.